The summed E-state index contributed by atoms with van der Waals surface area (Å²) in [7, 11) is -0.578. The molecule has 0 bridgehead atoms. The fraction of sp³-hybridized carbons (Fsp3) is 0.231. The van der Waals surface area contributed by atoms with Crippen molar-refractivity contribution in [1.82, 2.24) is 0 Å². The normalized spacial score (nSPS) is 11.3. The van der Waals surface area contributed by atoms with E-state index in [2.05, 4.69) is 0 Å². The first-order valence-corrected chi connectivity index (χ1v) is 8.22. The quantitative estimate of drug-likeness (QED) is 0.917. The Morgan fingerprint density at radius 2 is 2.05 bits per heavy atom. The molecule has 0 aliphatic heterocycles. The number of nitrogens with two attached hydrogens (primary N) is 1. The fourth-order valence-corrected chi connectivity index (χ4v) is 4.35. The first-order valence-electron chi connectivity index (χ1n) is 5.90. The zero-order valence-corrected chi connectivity index (χ0v) is 12.9. The van der Waals surface area contributed by atoms with Crippen LogP contribution in [-0.4, -0.2) is 22.6 Å². The van der Waals surface area contributed by atoms with Crippen molar-refractivity contribution in [1.29, 1.82) is 0 Å². The molecule has 0 atom stereocenters. The van der Waals surface area contributed by atoms with Crippen LogP contribution in [0.2, 0.25) is 0 Å². The van der Waals surface area contributed by atoms with E-state index in [1.165, 1.54) is 29.8 Å². The summed E-state index contributed by atoms with van der Waals surface area (Å²) in [5, 5.41) is 1.75. The van der Waals surface area contributed by atoms with E-state index < -0.39 is 10.0 Å². The number of hydrogen-bond acceptors (Lipinski definition) is 5. The second-order valence-electron chi connectivity index (χ2n) is 4.12. The van der Waals surface area contributed by atoms with E-state index in [9.17, 15) is 8.42 Å². The molecular formula is C13H16N2O3S2. The van der Waals surface area contributed by atoms with Crippen molar-refractivity contribution in [2.24, 2.45) is 5.73 Å². The standard InChI is InChI=1S/C13H16N2O3S2/c1-15(11-5-3-4-6-12(11)18-2)20(16,17)13-7-10(8-14)9-19-13/h3-7,9H,8,14H2,1-2H3. The SMILES string of the molecule is COc1ccccc1N(C)S(=O)(=O)c1cc(CN)cs1. The summed E-state index contributed by atoms with van der Waals surface area (Å²) in [6.45, 7) is 0.324. The number of methoxy groups -OCH3 is 1. The predicted octanol–water partition coefficient (Wildman–Crippen LogP) is 2.04. The van der Waals surface area contributed by atoms with E-state index in [0.717, 1.165) is 5.56 Å². The van der Waals surface area contributed by atoms with Crippen LogP contribution >= 0.6 is 11.3 Å². The largest absolute Gasteiger partial charge is 0.495 e. The Labute approximate surface area is 122 Å². The van der Waals surface area contributed by atoms with Crippen LogP contribution in [0.4, 0.5) is 5.69 Å². The lowest BCUT2D eigenvalue weighted by Crippen LogP contribution is -2.26. The summed E-state index contributed by atoms with van der Waals surface area (Å²) in [5.74, 6) is 0.508. The molecule has 0 aliphatic carbocycles. The van der Waals surface area contributed by atoms with Crippen LogP contribution in [0.3, 0.4) is 0 Å². The van der Waals surface area contributed by atoms with Gasteiger partial charge in [0.15, 0.2) is 0 Å². The van der Waals surface area contributed by atoms with Crippen molar-refractivity contribution in [3.05, 3.63) is 41.3 Å². The third-order valence-corrected chi connectivity index (χ3v) is 6.14. The average molecular weight is 312 g/mol. The molecule has 0 aliphatic rings. The van der Waals surface area contributed by atoms with E-state index >= 15 is 0 Å². The second-order valence-corrected chi connectivity index (χ2v) is 7.23. The molecule has 0 spiro atoms. The molecule has 7 heteroatoms. The van der Waals surface area contributed by atoms with Gasteiger partial charge in [0, 0.05) is 13.6 Å². The molecule has 1 aromatic heterocycles. The zero-order chi connectivity index (χ0) is 14.8. The van der Waals surface area contributed by atoms with Crippen LogP contribution in [0, 0.1) is 0 Å². The van der Waals surface area contributed by atoms with Crippen LogP contribution in [-0.2, 0) is 16.6 Å². The summed E-state index contributed by atoms with van der Waals surface area (Å²) in [6, 6.07) is 8.59. The highest BCUT2D eigenvalue weighted by atomic mass is 32.2. The fourth-order valence-electron chi connectivity index (χ4n) is 1.75. The average Bonchev–Trinajstić information content (AvgIpc) is 2.96. The van der Waals surface area contributed by atoms with Crippen molar-refractivity contribution in [2.75, 3.05) is 18.5 Å². The summed E-state index contributed by atoms with van der Waals surface area (Å²) >= 11 is 1.17. The third kappa shape index (κ3) is 2.65. The lowest BCUT2D eigenvalue weighted by molar-refractivity contribution is 0.416. The number of benzene rings is 1. The monoisotopic (exact) mass is 312 g/mol. The number of rotatable bonds is 5. The van der Waals surface area contributed by atoms with Crippen molar-refractivity contribution < 1.29 is 13.2 Å². The van der Waals surface area contributed by atoms with Gasteiger partial charge in [0.1, 0.15) is 9.96 Å². The third-order valence-electron chi connectivity index (χ3n) is 2.90. The Kier molecular flexibility index (Phi) is 4.32. The van der Waals surface area contributed by atoms with Crippen molar-refractivity contribution >= 4 is 27.0 Å². The number of nitrogens with zero attached hydrogens (tertiary/aromatic N) is 1. The van der Waals surface area contributed by atoms with Crippen LogP contribution in [0.1, 0.15) is 5.56 Å². The molecule has 20 heavy (non-hydrogen) atoms. The Morgan fingerprint density at radius 3 is 2.65 bits per heavy atom. The van der Waals surface area contributed by atoms with Gasteiger partial charge >= 0.3 is 0 Å². The zero-order valence-electron chi connectivity index (χ0n) is 11.2. The molecule has 108 valence electrons. The van der Waals surface area contributed by atoms with E-state index in [1.54, 1.807) is 35.7 Å². The molecule has 1 aromatic carbocycles. The molecule has 2 rings (SSSR count). The van der Waals surface area contributed by atoms with Crippen LogP contribution in [0.25, 0.3) is 0 Å². The highest BCUT2D eigenvalue weighted by Crippen LogP contribution is 2.32. The Balaban J connectivity index is 2.43. The molecule has 0 radical (unpaired) electrons. The van der Waals surface area contributed by atoms with E-state index in [1.807, 2.05) is 0 Å². The van der Waals surface area contributed by atoms with Gasteiger partial charge in [-0.1, -0.05) is 12.1 Å². The van der Waals surface area contributed by atoms with Crippen LogP contribution < -0.4 is 14.8 Å². The van der Waals surface area contributed by atoms with Crippen molar-refractivity contribution in [2.45, 2.75) is 10.8 Å². The molecule has 0 amide bonds. The lowest BCUT2D eigenvalue weighted by Gasteiger charge is -2.20. The maximum atomic E-state index is 12.6. The summed E-state index contributed by atoms with van der Waals surface area (Å²) in [6.07, 6.45) is 0. The van der Waals surface area contributed by atoms with Gasteiger partial charge in [-0.15, -0.1) is 11.3 Å². The van der Waals surface area contributed by atoms with Gasteiger partial charge in [-0.05, 0) is 29.1 Å². The Morgan fingerprint density at radius 1 is 1.35 bits per heavy atom. The van der Waals surface area contributed by atoms with Crippen molar-refractivity contribution in [3.63, 3.8) is 0 Å². The number of para-hydroxylation sites is 2. The van der Waals surface area contributed by atoms with Gasteiger partial charge in [0.25, 0.3) is 10.0 Å². The van der Waals surface area contributed by atoms with Gasteiger partial charge in [-0.2, -0.15) is 0 Å². The van der Waals surface area contributed by atoms with Gasteiger partial charge in [-0.25, -0.2) is 8.42 Å². The number of hydrogen-bond donors (Lipinski definition) is 1. The summed E-state index contributed by atoms with van der Waals surface area (Å²) in [4.78, 5) is 0. The molecule has 5 nitrogen and oxygen atoms in total. The molecule has 0 saturated heterocycles. The molecule has 2 aromatic rings. The van der Waals surface area contributed by atoms with E-state index in [0.29, 0.717) is 18.0 Å². The van der Waals surface area contributed by atoms with Gasteiger partial charge in [0.05, 0.1) is 12.8 Å². The van der Waals surface area contributed by atoms with Crippen LogP contribution in [0.5, 0.6) is 5.75 Å². The number of sulfonamides is 1. The molecule has 0 unspecified atom stereocenters. The first kappa shape index (κ1) is 14.8. The Hall–Kier alpha value is -1.57. The predicted molar refractivity (Wildman–Crippen MR) is 80.8 cm³/mol. The summed E-state index contributed by atoms with van der Waals surface area (Å²) < 4.78 is 31.8. The molecule has 2 N–H and O–H groups in total. The Bertz CT molecular complexity index is 695. The number of anilines is 1. The van der Waals surface area contributed by atoms with Gasteiger partial charge < -0.3 is 10.5 Å². The molecule has 0 fully saturated rings. The van der Waals surface area contributed by atoms with E-state index in [4.69, 9.17) is 10.5 Å². The van der Waals surface area contributed by atoms with Crippen LogP contribution in [0.15, 0.2) is 39.9 Å². The summed E-state index contributed by atoms with van der Waals surface area (Å²) in [5.41, 5.74) is 6.82. The smallest absolute Gasteiger partial charge is 0.273 e. The first-order chi connectivity index (χ1) is 9.50. The van der Waals surface area contributed by atoms with E-state index in [-0.39, 0.29) is 4.21 Å². The van der Waals surface area contributed by atoms with Gasteiger partial charge in [0.2, 0.25) is 0 Å². The van der Waals surface area contributed by atoms with Gasteiger partial charge in [-0.3, -0.25) is 4.31 Å². The lowest BCUT2D eigenvalue weighted by atomic mass is 10.3. The highest BCUT2D eigenvalue weighted by Gasteiger charge is 2.25. The minimum absolute atomic E-state index is 0.270. The topological polar surface area (TPSA) is 72.6 Å². The van der Waals surface area contributed by atoms with Crippen molar-refractivity contribution in [3.8, 4) is 5.75 Å². The molecular weight excluding hydrogens is 296 g/mol. The second kappa shape index (κ2) is 5.82. The molecule has 0 saturated carbocycles. The highest BCUT2D eigenvalue weighted by molar-refractivity contribution is 7.94. The minimum Gasteiger partial charge on any atom is -0.495 e. The molecule has 1 heterocycles. The number of ether oxygens (including phenoxy) is 1. The minimum atomic E-state index is -3.60. The maximum absolute atomic E-state index is 12.6. The number of thiophene rings is 1. The maximum Gasteiger partial charge on any atom is 0.273 e.